The van der Waals surface area contributed by atoms with Gasteiger partial charge in [-0.2, -0.15) is 0 Å². The topological polar surface area (TPSA) is 47.8 Å². The van der Waals surface area contributed by atoms with Gasteiger partial charge in [-0.25, -0.2) is 9.67 Å². The number of hydrogen-bond acceptors (Lipinski definition) is 3. The van der Waals surface area contributed by atoms with Crippen LogP contribution in [0.4, 0.5) is 0 Å². The molecule has 1 heterocycles. The van der Waals surface area contributed by atoms with Crippen LogP contribution in [0.1, 0.15) is 5.56 Å². The van der Waals surface area contributed by atoms with E-state index in [1.165, 1.54) is 10.9 Å². The minimum absolute atomic E-state index is 0.255. The van der Waals surface area contributed by atoms with Gasteiger partial charge in [0.1, 0.15) is 0 Å². The van der Waals surface area contributed by atoms with Gasteiger partial charge in [-0.05, 0) is 11.6 Å². The summed E-state index contributed by atoms with van der Waals surface area (Å²) in [7, 11) is 0. The smallest absolute Gasteiger partial charge is 0.266 e. The number of hydrogen-bond donors (Lipinski definition) is 0. The summed E-state index contributed by atoms with van der Waals surface area (Å²) in [6.07, 6.45) is 1.28. The number of aromatic nitrogens is 3. The van der Waals surface area contributed by atoms with E-state index in [-0.39, 0.29) is 5.56 Å². The molecule has 0 aliphatic carbocycles. The maximum absolute atomic E-state index is 11.9. The van der Waals surface area contributed by atoms with E-state index in [2.05, 4.69) is 10.1 Å². The molecule has 3 rings (SSSR count). The third-order valence-corrected chi connectivity index (χ3v) is 3.45. The van der Waals surface area contributed by atoms with Gasteiger partial charge >= 0.3 is 0 Å². The molecular weight excluding hydrogens is 286 g/mol. The standard InChI is InChI=1S/C16H12ClN3O/c17-14-9-5-4-8-13(14)11-20-15(21)10-18-16(19-20)12-6-2-1-3-7-12/h1-10H,11H2. The normalized spacial score (nSPS) is 10.5. The Kier molecular flexibility index (Phi) is 3.79. The van der Waals surface area contributed by atoms with Crippen LogP contribution in [-0.2, 0) is 6.54 Å². The van der Waals surface area contributed by atoms with Crippen LogP contribution in [0.5, 0.6) is 0 Å². The minimum Gasteiger partial charge on any atom is -0.266 e. The highest BCUT2D eigenvalue weighted by atomic mass is 35.5. The first-order valence-corrected chi connectivity index (χ1v) is 6.85. The quantitative estimate of drug-likeness (QED) is 0.746. The van der Waals surface area contributed by atoms with Crippen LogP contribution in [0.15, 0.2) is 65.6 Å². The maximum Gasteiger partial charge on any atom is 0.285 e. The van der Waals surface area contributed by atoms with Gasteiger partial charge in [-0.3, -0.25) is 4.79 Å². The van der Waals surface area contributed by atoms with E-state index in [4.69, 9.17) is 11.6 Å². The molecule has 0 aliphatic heterocycles. The van der Waals surface area contributed by atoms with Crippen LogP contribution in [0.3, 0.4) is 0 Å². The average Bonchev–Trinajstić information content (AvgIpc) is 2.52. The SMILES string of the molecule is O=c1cnc(-c2ccccc2)nn1Cc1ccccc1Cl. The lowest BCUT2D eigenvalue weighted by molar-refractivity contribution is 0.630. The van der Waals surface area contributed by atoms with Crippen molar-refractivity contribution in [3.05, 3.63) is 81.7 Å². The molecule has 0 unspecified atom stereocenters. The third-order valence-electron chi connectivity index (χ3n) is 3.08. The predicted octanol–water partition coefficient (Wildman–Crippen LogP) is 3.01. The Hall–Kier alpha value is -2.46. The molecule has 104 valence electrons. The summed E-state index contributed by atoms with van der Waals surface area (Å²) in [5.41, 5.74) is 1.46. The Morgan fingerprint density at radius 1 is 1.00 bits per heavy atom. The average molecular weight is 298 g/mol. The molecule has 0 atom stereocenters. The zero-order valence-corrected chi connectivity index (χ0v) is 11.9. The lowest BCUT2D eigenvalue weighted by atomic mass is 10.2. The Bertz CT molecular complexity index is 815. The van der Waals surface area contributed by atoms with Crippen LogP contribution in [0, 0.1) is 0 Å². The summed E-state index contributed by atoms with van der Waals surface area (Å²) in [6.45, 7) is 0.320. The van der Waals surface area contributed by atoms with Crippen molar-refractivity contribution in [2.45, 2.75) is 6.54 Å². The van der Waals surface area contributed by atoms with Gasteiger partial charge < -0.3 is 0 Å². The monoisotopic (exact) mass is 297 g/mol. The molecule has 21 heavy (non-hydrogen) atoms. The lowest BCUT2D eigenvalue weighted by Gasteiger charge is -2.07. The summed E-state index contributed by atoms with van der Waals surface area (Å²) in [5.74, 6) is 0.516. The Morgan fingerprint density at radius 2 is 1.71 bits per heavy atom. The molecule has 2 aromatic carbocycles. The molecule has 3 aromatic rings. The fraction of sp³-hybridized carbons (Fsp3) is 0.0625. The van der Waals surface area contributed by atoms with E-state index in [1.54, 1.807) is 6.07 Å². The summed E-state index contributed by atoms with van der Waals surface area (Å²) in [4.78, 5) is 16.0. The van der Waals surface area contributed by atoms with Crippen LogP contribution in [-0.4, -0.2) is 14.8 Å². The minimum atomic E-state index is -0.255. The number of halogens is 1. The Morgan fingerprint density at radius 3 is 2.48 bits per heavy atom. The van der Waals surface area contributed by atoms with Crippen molar-refractivity contribution < 1.29 is 0 Å². The molecule has 0 fully saturated rings. The zero-order valence-electron chi connectivity index (χ0n) is 11.1. The van der Waals surface area contributed by atoms with E-state index in [0.717, 1.165) is 11.1 Å². The molecule has 1 aromatic heterocycles. The van der Waals surface area contributed by atoms with Crippen molar-refractivity contribution in [3.63, 3.8) is 0 Å². The van der Waals surface area contributed by atoms with Crippen LogP contribution in [0.25, 0.3) is 11.4 Å². The third kappa shape index (κ3) is 3.01. The molecule has 0 radical (unpaired) electrons. The summed E-state index contributed by atoms with van der Waals surface area (Å²) in [5, 5.41) is 4.93. The highest BCUT2D eigenvalue weighted by Crippen LogP contribution is 2.16. The second kappa shape index (κ2) is 5.89. The first kappa shape index (κ1) is 13.5. The van der Waals surface area contributed by atoms with Gasteiger partial charge in [0.25, 0.3) is 5.56 Å². The number of rotatable bonds is 3. The van der Waals surface area contributed by atoms with Gasteiger partial charge in [0, 0.05) is 10.6 Å². The van der Waals surface area contributed by atoms with Crippen LogP contribution < -0.4 is 5.56 Å². The van der Waals surface area contributed by atoms with E-state index in [9.17, 15) is 4.79 Å². The Balaban J connectivity index is 2.00. The molecule has 0 saturated heterocycles. The van der Waals surface area contributed by atoms with Crippen molar-refractivity contribution in [2.75, 3.05) is 0 Å². The molecule has 5 heteroatoms. The van der Waals surface area contributed by atoms with E-state index < -0.39 is 0 Å². The van der Waals surface area contributed by atoms with Crippen molar-refractivity contribution in [3.8, 4) is 11.4 Å². The number of benzene rings is 2. The van der Waals surface area contributed by atoms with Crippen molar-refractivity contribution in [1.82, 2.24) is 14.8 Å². The fourth-order valence-electron chi connectivity index (χ4n) is 1.99. The van der Waals surface area contributed by atoms with Crippen molar-refractivity contribution in [1.29, 1.82) is 0 Å². The van der Waals surface area contributed by atoms with Gasteiger partial charge in [0.2, 0.25) is 0 Å². The van der Waals surface area contributed by atoms with Gasteiger partial charge in [-0.15, -0.1) is 5.10 Å². The van der Waals surface area contributed by atoms with Gasteiger partial charge in [-0.1, -0.05) is 60.1 Å². The van der Waals surface area contributed by atoms with E-state index >= 15 is 0 Å². The summed E-state index contributed by atoms with van der Waals surface area (Å²) >= 11 is 6.12. The highest BCUT2D eigenvalue weighted by Gasteiger charge is 2.07. The molecule has 0 aliphatic rings. The number of nitrogens with zero attached hydrogens (tertiary/aromatic N) is 3. The van der Waals surface area contributed by atoms with Crippen molar-refractivity contribution >= 4 is 11.6 Å². The Labute approximate surface area is 126 Å². The fourth-order valence-corrected chi connectivity index (χ4v) is 2.19. The highest BCUT2D eigenvalue weighted by molar-refractivity contribution is 6.31. The summed E-state index contributed by atoms with van der Waals surface area (Å²) < 4.78 is 1.37. The molecule has 0 amide bonds. The molecule has 0 bridgehead atoms. The molecule has 0 saturated carbocycles. The lowest BCUT2D eigenvalue weighted by Crippen LogP contribution is -2.24. The molecule has 0 N–H and O–H groups in total. The first-order chi connectivity index (χ1) is 10.2. The molecule has 4 nitrogen and oxygen atoms in total. The predicted molar refractivity (Wildman–Crippen MR) is 82.3 cm³/mol. The maximum atomic E-state index is 11.9. The largest absolute Gasteiger partial charge is 0.285 e. The molecular formula is C16H12ClN3O. The van der Waals surface area contributed by atoms with Gasteiger partial charge in [0.15, 0.2) is 5.82 Å². The van der Waals surface area contributed by atoms with E-state index in [1.807, 2.05) is 48.5 Å². The molecule has 0 spiro atoms. The van der Waals surface area contributed by atoms with Gasteiger partial charge in [0.05, 0.1) is 12.7 Å². The second-order valence-electron chi connectivity index (χ2n) is 4.54. The van der Waals surface area contributed by atoms with Crippen LogP contribution in [0.2, 0.25) is 5.02 Å². The van der Waals surface area contributed by atoms with E-state index in [0.29, 0.717) is 17.4 Å². The van der Waals surface area contributed by atoms with Crippen molar-refractivity contribution in [2.24, 2.45) is 0 Å². The first-order valence-electron chi connectivity index (χ1n) is 6.47. The van der Waals surface area contributed by atoms with Crippen LogP contribution >= 0.6 is 11.6 Å². The second-order valence-corrected chi connectivity index (χ2v) is 4.94. The summed E-state index contributed by atoms with van der Waals surface area (Å²) in [6, 6.07) is 16.9. The zero-order chi connectivity index (χ0) is 14.7.